The van der Waals surface area contributed by atoms with Gasteiger partial charge in [-0.2, -0.15) is 23.4 Å². The number of alkyl halides is 3. The lowest BCUT2D eigenvalue weighted by atomic mass is 9.96. The van der Waals surface area contributed by atoms with Crippen LogP contribution < -0.4 is 9.80 Å². The molecule has 0 saturated carbocycles. The lowest BCUT2D eigenvalue weighted by Gasteiger charge is -2.32. The molecule has 0 atom stereocenters. The van der Waals surface area contributed by atoms with Gasteiger partial charge in [0.25, 0.3) is 0 Å². The van der Waals surface area contributed by atoms with Gasteiger partial charge in [0, 0.05) is 33.1 Å². The van der Waals surface area contributed by atoms with Crippen LogP contribution in [0.2, 0.25) is 0 Å². The molecule has 0 aromatic carbocycles. The number of hydrogen-bond donors (Lipinski definition) is 1. The number of aromatic nitrogens is 4. The Morgan fingerprint density at radius 3 is 2.46 bits per heavy atom. The van der Waals surface area contributed by atoms with Crippen molar-refractivity contribution < 1.29 is 13.2 Å². The zero-order chi connectivity index (χ0) is 18.9. The van der Waals surface area contributed by atoms with Crippen molar-refractivity contribution in [1.29, 1.82) is 5.26 Å². The number of nitriles is 1. The maximum Gasteiger partial charge on any atom is 0.419 e. The molecule has 2 aromatic heterocycles. The molecule has 1 saturated heterocycles. The van der Waals surface area contributed by atoms with Gasteiger partial charge < -0.3 is 9.80 Å². The van der Waals surface area contributed by atoms with E-state index >= 15 is 0 Å². The minimum Gasteiger partial charge on any atom is -0.357 e. The molecule has 3 rings (SSSR count). The summed E-state index contributed by atoms with van der Waals surface area (Å²) in [6.45, 7) is 1.23. The summed E-state index contributed by atoms with van der Waals surface area (Å²) in [6.07, 6.45) is -3.04. The smallest absolute Gasteiger partial charge is 0.357 e. The van der Waals surface area contributed by atoms with Crippen LogP contribution in [0.25, 0.3) is 0 Å². The maximum absolute atomic E-state index is 12.9. The van der Waals surface area contributed by atoms with E-state index in [0.717, 1.165) is 24.7 Å². The molecule has 7 nitrogen and oxygen atoms in total. The quantitative estimate of drug-likeness (QED) is 0.900. The normalized spacial score (nSPS) is 15.8. The van der Waals surface area contributed by atoms with Crippen LogP contribution in [0, 0.1) is 11.3 Å². The number of nitrogens with one attached hydrogen (secondary N) is 1. The fourth-order valence-electron chi connectivity index (χ4n) is 2.97. The second-order valence-electron chi connectivity index (χ2n) is 6.35. The number of nitrogens with zero attached hydrogens (tertiary/aromatic N) is 6. The first-order valence-electron chi connectivity index (χ1n) is 8.12. The fraction of sp³-hybridized carbons (Fsp3) is 0.500. The monoisotopic (exact) mass is 365 g/mol. The summed E-state index contributed by atoms with van der Waals surface area (Å²) in [6, 6.07) is 3.79. The molecule has 3 heterocycles. The molecule has 26 heavy (non-hydrogen) atoms. The van der Waals surface area contributed by atoms with Gasteiger partial charge in [-0.15, -0.1) is 5.10 Å². The fourth-order valence-corrected chi connectivity index (χ4v) is 2.97. The van der Waals surface area contributed by atoms with Gasteiger partial charge in [0.15, 0.2) is 5.69 Å². The number of aromatic amines is 1. The topological polar surface area (TPSA) is 84.7 Å². The minimum atomic E-state index is -4.58. The predicted octanol–water partition coefficient (Wildman–Crippen LogP) is 2.54. The number of piperidine rings is 1. The van der Waals surface area contributed by atoms with Crippen molar-refractivity contribution in [2.75, 3.05) is 37.0 Å². The van der Waals surface area contributed by atoms with Gasteiger partial charge in [0.05, 0.1) is 5.56 Å². The van der Waals surface area contributed by atoms with Crippen LogP contribution in [0.15, 0.2) is 12.1 Å². The lowest BCUT2D eigenvalue weighted by molar-refractivity contribution is -0.138. The summed E-state index contributed by atoms with van der Waals surface area (Å²) in [5.41, 5.74) is -1.60. The van der Waals surface area contributed by atoms with Gasteiger partial charge in [0.1, 0.15) is 17.7 Å². The molecule has 1 fully saturated rings. The van der Waals surface area contributed by atoms with E-state index in [-0.39, 0.29) is 5.92 Å². The number of rotatable bonds is 3. The van der Waals surface area contributed by atoms with Gasteiger partial charge in [-0.05, 0) is 25.0 Å². The Morgan fingerprint density at radius 2 is 1.92 bits per heavy atom. The van der Waals surface area contributed by atoms with E-state index in [0.29, 0.717) is 24.9 Å². The zero-order valence-electron chi connectivity index (χ0n) is 14.4. The third kappa shape index (κ3) is 3.56. The molecule has 0 aliphatic carbocycles. The van der Waals surface area contributed by atoms with Crippen LogP contribution in [-0.2, 0) is 6.18 Å². The maximum atomic E-state index is 12.9. The van der Waals surface area contributed by atoms with Gasteiger partial charge >= 0.3 is 6.18 Å². The van der Waals surface area contributed by atoms with Gasteiger partial charge in [-0.25, -0.2) is 4.98 Å². The molecule has 1 aliphatic rings. The van der Waals surface area contributed by atoms with Crippen molar-refractivity contribution in [2.45, 2.75) is 24.9 Å². The zero-order valence-corrected chi connectivity index (χ0v) is 14.4. The third-order valence-electron chi connectivity index (χ3n) is 4.39. The van der Waals surface area contributed by atoms with Crippen molar-refractivity contribution in [1.82, 2.24) is 20.2 Å². The highest BCUT2D eigenvalue weighted by molar-refractivity contribution is 5.46. The molecular formula is C16H18F3N7. The molecule has 0 unspecified atom stereocenters. The van der Waals surface area contributed by atoms with Crippen LogP contribution in [0.1, 0.15) is 35.8 Å². The highest BCUT2D eigenvalue weighted by Gasteiger charge is 2.35. The summed E-state index contributed by atoms with van der Waals surface area (Å²) in [5, 5.41) is 16.1. The number of anilines is 2. The predicted molar refractivity (Wildman–Crippen MR) is 88.9 cm³/mol. The highest BCUT2D eigenvalue weighted by atomic mass is 19.4. The van der Waals surface area contributed by atoms with Crippen molar-refractivity contribution in [3.8, 4) is 6.07 Å². The highest BCUT2D eigenvalue weighted by Crippen LogP contribution is 2.33. The van der Waals surface area contributed by atoms with Gasteiger partial charge in [-0.3, -0.25) is 5.10 Å². The summed E-state index contributed by atoms with van der Waals surface area (Å²) in [7, 11) is 3.72. The average molecular weight is 365 g/mol. The van der Waals surface area contributed by atoms with Crippen LogP contribution in [0.5, 0.6) is 0 Å². The van der Waals surface area contributed by atoms with Crippen molar-refractivity contribution in [3.63, 3.8) is 0 Å². The standard InChI is InChI=1S/C16H18F3N7/c1-25(2)15-22-14(23-24-15)10-5-7-26(8-6-10)13-4-3-11(16(17,18)19)12(9-20)21-13/h3-4,10H,5-8H2,1-2H3,(H,22,23,24). The van der Waals surface area contributed by atoms with Gasteiger partial charge in [-0.1, -0.05) is 0 Å². The van der Waals surface area contributed by atoms with Crippen molar-refractivity contribution in [3.05, 3.63) is 29.2 Å². The Balaban J connectivity index is 1.71. The van der Waals surface area contributed by atoms with E-state index in [9.17, 15) is 13.2 Å². The second-order valence-corrected chi connectivity index (χ2v) is 6.35. The first-order valence-corrected chi connectivity index (χ1v) is 8.12. The Morgan fingerprint density at radius 1 is 1.23 bits per heavy atom. The van der Waals surface area contributed by atoms with E-state index in [2.05, 4.69) is 20.2 Å². The molecule has 1 N–H and O–H groups in total. The van der Waals surface area contributed by atoms with Crippen LogP contribution in [0.3, 0.4) is 0 Å². The molecule has 0 spiro atoms. The van der Waals surface area contributed by atoms with E-state index in [1.165, 1.54) is 6.07 Å². The Hall–Kier alpha value is -2.83. The Kier molecular flexibility index (Phi) is 4.71. The van der Waals surface area contributed by atoms with Gasteiger partial charge in [0.2, 0.25) is 5.95 Å². The SMILES string of the molecule is CN(C)c1n[nH]c(C2CCN(c3ccc(C(F)(F)F)c(C#N)n3)CC2)n1. The van der Waals surface area contributed by atoms with Crippen LogP contribution in [-0.4, -0.2) is 47.4 Å². The summed E-state index contributed by atoms with van der Waals surface area (Å²) in [4.78, 5) is 12.1. The summed E-state index contributed by atoms with van der Waals surface area (Å²) in [5.74, 6) is 2.02. The number of hydrogen-bond acceptors (Lipinski definition) is 6. The van der Waals surface area contributed by atoms with Crippen molar-refractivity contribution in [2.24, 2.45) is 0 Å². The van der Waals surface area contributed by atoms with Crippen LogP contribution >= 0.6 is 0 Å². The Bertz CT molecular complexity index is 814. The summed E-state index contributed by atoms with van der Waals surface area (Å²) < 4.78 is 38.6. The average Bonchev–Trinajstić information content (AvgIpc) is 3.11. The molecule has 0 bridgehead atoms. The molecule has 138 valence electrons. The minimum absolute atomic E-state index is 0.206. The van der Waals surface area contributed by atoms with E-state index < -0.39 is 17.4 Å². The Labute approximate surface area is 148 Å². The lowest BCUT2D eigenvalue weighted by Crippen LogP contribution is -2.34. The summed E-state index contributed by atoms with van der Waals surface area (Å²) >= 11 is 0. The molecule has 0 amide bonds. The molecule has 0 radical (unpaired) electrons. The van der Waals surface area contributed by atoms with Crippen LogP contribution in [0.4, 0.5) is 24.9 Å². The van der Waals surface area contributed by atoms with E-state index in [1.54, 1.807) is 6.07 Å². The molecule has 2 aromatic rings. The van der Waals surface area contributed by atoms with E-state index in [1.807, 2.05) is 23.9 Å². The largest absolute Gasteiger partial charge is 0.419 e. The van der Waals surface area contributed by atoms with E-state index in [4.69, 9.17) is 5.26 Å². The number of pyridine rings is 1. The first kappa shape index (κ1) is 18.0. The van der Waals surface area contributed by atoms with Crippen molar-refractivity contribution >= 4 is 11.8 Å². The first-order chi connectivity index (χ1) is 12.3. The number of H-pyrrole nitrogens is 1. The number of halogens is 3. The molecular weight excluding hydrogens is 347 g/mol. The molecule has 10 heteroatoms. The third-order valence-corrected chi connectivity index (χ3v) is 4.39. The second kappa shape index (κ2) is 6.82. The molecule has 1 aliphatic heterocycles.